The van der Waals surface area contributed by atoms with Crippen molar-refractivity contribution in [3.8, 4) is 16.8 Å². The van der Waals surface area contributed by atoms with E-state index in [1.807, 2.05) is 0 Å². The first-order valence-corrected chi connectivity index (χ1v) is 12.9. The van der Waals surface area contributed by atoms with Crippen molar-refractivity contribution in [1.29, 1.82) is 0 Å². The van der Waals surface area contributed by atoms with Gasteiger partial charge in [-0.2, -0.15) is 0 Å². The van der Waals surface area contributed by atoms with Crippen molar-refractivity contribution in [2.45, 2.75) is 26.2 Å². The van der Waals surface area contributed by atoms with Crippen LogP contribution >= 0.6 is 0 Å². The van der Waals surface area contributed by atoms with Gasteiger partial charge in [0.2, 0.25) is 0 Å². The second kappa shape index (κ2) is 8.13. The maximum Gasteiger partial charge on any atom is 0.0541 e. The lowest BCUT2D eigenvalue weighted by molar-refractivity contribution is 0.733. The van der Waals surface area contributed by atoms with Gasteiger partial charge in [0.05, 0.1) is 11.0 Å². The van der Waals surface area contributed by atoms with Crippen molar-refractivity contribution in [3.05, 3.63) is 115 Å². The van der Waals surface area contributed by atoms with Crippen molar-refractivity contribution in [3.63, 3.8) is 0 Å². The second-order valence-corrected chi connectivity index (χ2v) is 9.92. The van der Waals surface area contributed by atoms with E-state index in [2.05, 4.69) is 133 Å². The van der Waals surface area contributed by atoms with Crippen LogP contribution in [0.25, 0.3) is 60.4 Å². The quantitative estimate of drug-likeness (QED) is 0.268. The van der Waals surface area contributed by atoms with Crippen molar-refractivity contribution >= 4 is 43.6 Å². The minimum absolute atomic E-state index is 0.545. The van der Waals surface area contributed by atoms with E-state index in [4.69, 9.17) is 0 Å². The molecule has 0 radical (unpaired) electrons. The van der Waals surface area contributed by atoms with Crippen LogP contribution in [0.2, 0.25) is 0 Å². The SMILES string of the molecule is CCC(C)c1cccc(-n2c3ccccc3c3cc(-c4ccc5[nH]c6ccccc6c5c4)ccc32)c1. The number of fused-ring (bicyclic) bond motifs is 6. The first kappa shape index (κ1) is 21.0. The zero-order valence-corrected chi connectivity index (χ0v) is 20.6. The van der Waals surface area contributed by atoms with Crippen LogP contribution in [0.1, 0.15) is 31.7 Å². The minimum atomic E-state index is 0.545. The van der Waals surface area contributed by atoms with Crippen molar-refractivity contribution in [2.24, 2.45) is 0 Å². The van der Waals surface area contributed by atoms with Gasteiger partial charge in [0.1, 0.15) is 0 Å². The molecule has 0 aliphatic rings. The molecule has 174 valence electrons. The molecule has 1 unspecified atom stereocenters. The van der Waals surface area contributed by atoms with Gasteiger partial charge < -0.3 is 9.55 Å². The van der Waals surface area contributed by atoms with Crippen LogP contribution in [0.3, 0.4) is 0 Å². The summed E-state index contributed by atoms with van der Waals surface area (Å²) in [4.78, 5) is 3.55. The van der Waals surface area contributed by atoms with E-state index in [9.17, 15) is 0 Å². The van der Waals surface area contributed by atoms with Crippen LogP contribution in [0.5, 0.6) is 0 Å². The summed E-state index contributed by atoms with van der Waals surface area (Å²) in [7, 11) is 0. The average Bonchev–Trinajstić information content (AvgIpc) is 3.47. The summed E-state index contributed by atoms with van der Waals surface area (Å²) in [5.41, 5.74) is 9.96. The van der Waals surface area contributed by atoms with Crippen LogP contribution in [0.15, 0.2) is 109 Å². The molecule has 2 heterocycles. The zero-order valence-electron chi connectivity index (χ0n) is 20.6. The van der Waals surface area contributed by atoms with E-state index in [-0.39, 0.29) is 0 Å². The molecule has 1 N–H and O–H groups in total. The maximum atomic E-state index is 3.55. The Labute approximate surface area is 210 Å². The molecule has 0 fully saturated rings. The molecule has 0 bridgehead atoms. The molecule has 7 aromatic rings. The van der Waals surface area contributed by atoms with E-state index in [0.717, 1.165) is 6.42 Å². The molecular weight excluding hydrogens is 436 g/mol. The molecule has 2 heteroatoms. The van der Waals surface area contributed by atoms with Crippen molar-refractivity contribution in [2.75, 3.05) is 0 Å². The molecule has 0 amide bonds. The smallest absolute Gasteiger partial charge is 0.0541 e. The Morgan fingerprint density at radius 2 is 1.31 bits per heavy atom. The number of hydrogen-bond acceptors (Lipinski definition) is 0. The Kier molecular flexibility index (Phi) is 4.75. The number of aromatic amines is 1. The third kappa shape index (κ3) is 3.18. The van der Waals surface area contributed by atoms with Gasteiger partial charge in [-0.1, -0.05) is 74.5 Å². The van der Waals surface area contributed by atoms with Gasteiger partial charge in [-0.15, -0.1) is 0 Å². The predicted molar refractivity (Wildman–Crippen MR) is 154 cm³/mol. The van der Waals surface area contributed by atoms with E-state index in [1.165, 1.54) is 66.0 Å². The Balaban J connectivity index is 1.44. The Bertz CT molecular complexity index is 1900. The third-order valence-electron chi connectivity index (χ3n) is 7.82. The fourth-order valence-electron chi connectivity index (χ4n) is 5.66. The van der Waals surface area contributed by atoms with Gasteiger partial charge in [0, 0.05) is 38.3 Å². The topological polar surface area (TPSA) is 20.7 Å². The standard InChI is InChI=1S/C34H28N2/c1-3-22(2)23-9-8-10-26(19-23)36-33-14-7-5-12-28(33)30-21-25(16-18-34(30)36)24-15-17-32-29(20-24)27-11-4-6-13-31(27)35-32/h4-22,35H,3H2,1-2H3. The number of benzene rings is 5. The zero-order chi connectivity index (χ0) is 24.2. The summed E-state index contributed by atoms with van der Waals surface area (Å²) in [5.74, 6) is 0.545. The summed E-state index contributed by atoms with van der Waals surface area (Å²) < 4.78 is 2.42. The average molecular weight is 465 g/mol. The normalized spacial score (nSPS) is 12.7. The lowest BCUT2D eigenvalue weighted by Crippen LogP contribution is -1.97. The van der Waals surface area contributed by atoms with Crippen LogP contribution in [-0.4, -0.2) is 9.55 Å². The molecular formula is C34H28N2. The maximum absolute atomic E-state index is 3.55. The molecule has 1 atom stereocenters. The first-order chi connectivity index (χ1) is 17.7. The minimum Gasteiger partial charge on any atom is -0.355 e. The highest BCUT2D eigenvalue weighted by molar-refractivity contribution is 6.11. The number of H-pyrrole nitrogens is 1. The molecule has 0 aliphatic heterocycles. The van der Waals surface area contributed by atoms with E-state index < -0.39 is 0 Å². The molecule has 2 aromatic heterocycles. The van der Waals surface area contributed by atoms with Crippen LogP contribution in [0.4, 0.5) is 0 Å². The number of rotatable bonds is 4. The Morgan fingerprint density at radius 3 is 2.17 bits per heavy atom. The molecule has 7 rings (SSSR count). The van der Waals surface area contributed by atoms with E-state index >= 15 is 0 Å². The summed E-state index contributed by atoms with van der Waals surface area (Å²) in [6.07, 6.45) is 1.14. The third-order valence-corrected chi connectivity index (χ3v) is 7.82. The lowest BCUT2D eigenvalue weighted by Gasteiger charge is -2.13. The first-order valence-electron chi connectivity index (χ1n) is 12.9. The highest BCUT2D eigenvalue weighted by atomic mass is 15.0. The molecule has 0 aliphatic carbocycles. The number of nitrogens with one attached hydrogen (secondary N) is 1. The summed E-state index contributed by atoms with van der Waals surface area (Å²) in [5, 5.41) is 5.12. The molecule has 2 nitrogen and oxygen atoms in total. The summed E-state index contributed by atoms with van der Waals surface area (Å²) in [6, 6.07) is 40.0. The molecule has 36 heavy (non-hydrogen) atoms. The van der Waals surface area contributed by atoms with Gasteiger partial charge in [-0.25, -0.2) is 0 Å². The monoisotopic (exact) mass is 464 g/mol. The van der Waals surface area contributed by atoms with Crippen LogP contribution in [0, 0.1) is 0 Å². The van der Waals surface area contributed by atoms with Gasteiger partial charge in [0.15, 0.2) is 0 Å². The lowest BCUT2D eigenvalue weighted by atomic mass is 9.98. The number of hydrogen-bond donors (Lipinski definition) is 1. The molecule has 0 spiro atoms. The highest BCUT2D eigenvalue weighted by Gasteiger charge is 2.15. The number of nitrogens with zero attached hydrogens (tertiary/aromatic N) is 1. The van der Waals surface area contributed by atoms with Crippen molar-refractivity contribution < 1.29 is 0 Å². The van der Waals surface area contributed by atoms with Crippen LogP contribution in [-0.2, 0) is 0 Å². The molecule has 0 saturated carbocycles. The number of aromatic nitrogens is 2. The largest absolute Gasteiger partial charge is 0.355 e. The number of para-hydroxylation sites is 2. The van der Waals surface area contributed by atoms with Gasteiger partial charge >= 0.3 is 0 Å². The van der Waals surface area contributed by atoms with Gasteiger partial charge in [-0.05, 0) is 77.6 Å². The highest BCUT2D eigenvalue weighted by Crippen LogP contribution is 2.37. The fourth-order valence-corrected chi connectivity index (χ4v) is 5.66. The Hall–Kier alpha value is -4.30. The van der Waals surface area contributed by atoms with E-state index in [1.54, 1.807) is 0 Å². The fraction of sp³-hybridized carbons (Fsp3) is 0.118. The molecule has 0 saturated heterocycles. The Morgan fingerprint density at radius 1 is 0.611 bits per heavy atom. The van der Waals surface area contributed by atoms with Crippen molar-refractivity contribution in [1.82, 2.24) is 9.55 Å². The van der Waals surface area contributed by atoms with E-state index in [0.29, 0.717) is 5.92 Å². The molecule has 5 aromatic carbocycles. The van der Waals surface area contributed by atoms with Crippen LogP contribution < -0.4 is 0 Å². The van der Waals surface area contributed by atoms with Gasteiger partial charge in [-0.3, -0.25) is 0 Å². The predicted octanol–water partition coefficient (Wildman–Crippen LogP) is 9.60. The summed E-state index contributed by atoms with van der Waals surface area (Å²) in [6.45, 7) is 4.56. The summed E-state index contributed by atoms with van der Waals surface area (Å²) >= 11 is 0. The second-order valence-electron chi connectivity index (χ2n) is 9.92. The van der Waals surface area contributed by atoms with Gasteiger partial charge in [0.25, 0.3) is 0 Å².